The number of aliphatic hydroxyl groups excluding tert-OH is 1. The summed E-state index contributed by atoms with van der Waals surface area (Å²) in [5, 5.41) is 8.99. The van der Waals surface area contributed by atoms with Gasteiger partial charge in [-0.25, -0.2) is 0 Å². The van der Waals surface area contributed by atoms with Gasteiger partial charge >= 0.3 is 0 Å². The Morgan fingerprint density at radius 1 is 1.33 bits per heavy atom. The molecule has 0 aliphatic carbocycles. The van der Waals surface area contributed by atoms with Gasteiger partial charge in [0.05, 0.1) is 12.1 Å². The smallest absolute Gasteiger partial charge is 0.0650 e. The first-order valence-electron chi connectivity index (χ1n) is 4.03. The fourth-order valence-corrected chi connectivity index (χ4v) is 1.03. The maximum absolute atomic E-state index is 8.99. The van der Waals surface area contributed by atoms with Gasteiger partial charge in [-0.15, -0.1) is 0 Å². The summed E-state index contributed by atoms with van der Waals surface area (Å²) in [5.41, 5.74) is 7.39. The summed E-state index contributed by atoms with van der Waals surface area (Å²) in [6, 6.07) is 7.89. The molecule has 0 bridgehead atoms. The van der Waals surface area contributed by atoms with Gasteiger partial charge in [0, 0.05) is 0 Å². The lowest BCUT2D eigenvalue weighted by molar-refractivity contribution is 0.210. The van der Waals surface area contributed by atoms with Gasteiger partial charge in [-0.3, -0.25) is 0 Å². The SMILES string of the molecule is Cc1ccc([C@@](C)(N)CO)cc1. The Labute approximate surface area is 73.0 Å². The highest BCUT2D eigenvalue weighted by Gasteiger charge is 2.18. The Morgan fingerprint density at radius 3 is 2.25 bits per heavy atom. The van der Waals surface area contributed by atoms with E-state index >= 15 is 0 Å². The monoisotopic (exact) mass is 165 g/mol. The molecule has 0 saturated heterocycles. The second kappa shape index (κ2) is 3.25. The number of rotatable bonds is 2. The molecule has 0 aliphatic rings. The van der Waals surface area contributed by atoms with Crippen LogP contribution in [-0.4, -0.2) is 11.7 Å². The van der Waals surface area contributed by atoms with Gasteiger partial charge in [-0.2, -0.15) is 0 Å². The van der Waals surface area contributed by atoms with E-state index in [-0.39, 0.29) is 6.61 Å². The Balaban J connectivity index is 2.96. The van der Waals surface area contributed by atoms with E-state index in [2.05, 4.69) is 0 Å². The van der Waals surface area contributed by atoms with Crippen molar-refractivity contribution in [3.05, 3.63) is 35.4 Å². The van der Waals surface area contributed by atoms with Crippen molar-refractivity contribution in [2.75, 3.05) is 6.61 Å². The van der Waals surface area contributed by atoms with Crippen LogP contribution >= 0.6 is 0 Å². The molecule has 0 aromatic heterocycles. The first kappa shape index (κ1) is 9.23. The van der Waals surface area contributed by atoms with Gasteiger partial charge in [0.2, 0.25) is 0 Å². The number of nitrogens with two attached hydrogens (primary N) is 1. The molecule has 0 saturated carbocycles. The minimum Gasteiger partial charge on any atom is -0.394 e. The van der Waals surface area contributed by atoms with Crippen LogP contribution in [0.25, 0.3) is 0 Å². The first-order valence-corrected chi connectivity index (χ1v) is 4.03. The largest absolute Gasteiger partial charge is 0.394 e. The van der Waals surface area contributed by atoms with E-state index in [4.69, 9.17) is 10.8 Å². The van der Waals surface area contributed by atoms with Crippen LogP contribution in [-0.2, 0) is 5.54 Å². The first-order chi connectivity index (χ1) is 5.56. The molecule has 0 fully saturated rings. The lowest BCUT2D eigenvalue weighted by Gasteiger charge is -2.22. The number of benzene rings is 1. The molecule has 0 aliphatic heterocycles. The Morgan fingerprint density at radius 2 is 1.83 bits per heavy atom. The maximum Gasteiger partial charge on any atom is 0.0650 e. The van der Waals surface area contributed by atoms with Gasteiger partial charge in [-0.05, 0) is 19.4 Å². The van der Waals surface area contributed by atoms with E-state index in [1.807, 2.05) is 38.1 Å². The van der Waals surface area contributed by atoms with E-state index < -0.39 is 5.54 Å². The topological polar surface area (TPSA) is 46.2 Å². The molecule has 0 spiro atoms. The van der Waals surface area contributed by atoms with Crippen molar-refractivity contribution in [1.29, 1.82) is 0 Å². The summed E-state index contributed by atoms with van der Waals surface area (Å²) in [4.78, 5) is 0. The van der Waals surface area contributed by atoms with Crippen LogP contribution in [0.4, 0.5) is 0 Å². The standard InChI is InChI=1S/C10H15NO/c1-8-3-5-9(6-4-8)10(2,11)7-12/h3-6,12H,7,11H2,1-2H3/t10-/m0/s1. The zero-order valence-electron chi connectivity index (χ0n) is 7.54. The van der Waals surface area contributed by atoms with Crippen LogP contribution in [0.3, 0.4) is 0 Å². The molecule has 0 heterocycles. The van der Waals surface area contributed by atoms with E-state index in [0.717, 1.165) is 5.56 Å². The molecule has 2 heteroatoms. The van der Waals surface area contributed by atoms with Gasteiger partial charge < -0.3 is 10.8 Å². The predicted molar refractivity (Wildman–Crippen MR) is 49.8 cm³/mol. The Bertz CT molecular complexity index is 251. The summed E-state index contributed by atoms with van der Waals surface area (Å²) in [5.74, 6) is 0. The van der Waals surface area contributed by atoms with Crippen molar-refractivity contribution in [2.24, 2.45) is 5.73 Å². The molecule has 0 unspecified atom stereocenters. The number of hydrogen-bond donors (Lipinski definition) is 2. The highest BCUT2D eigenvalue weighted by atomic mass is 16.3. The van der Waals surface area contributed by atoms with E-state index in [9.17, 15) is 0 Å². The van der Waals surface area contributed by atoms with Gasteiger partial charge in [0.25, 0.3) is 0 Å². The predicted octanol–water partition coefficient (Wildman–Crippen LogP) is 1.16. The Kier molecular flexibility index (Phi) is 2.50. The molecule has 1 aromatic carbocycles. The number of aryl methyl sites for hydroxylation is 1. The fraction of sp³-hybridized carbons (Fsp3) is 0.400. The van der Waals surface area contributed by atoms with Gasteiger partial charge in [0.15, 0.2) is 0 Å². The van der Waals surface area contributed by atoms with Crippen LogP contribution in [0.2, 0.25) is 0 Å². The summed E-state index contributed by atoms with van der Waals surface area (Å²) >= 11 is 0. The van der Waals surface area contributed by atoms with Gasteiger partial charge in [-0.1, -0.05) is 29.8 Å². The molecule has 1 atom stereocenters. The quantitative estimate of drug-likeness (QED) is 0.690. The van der Waals surface area contributed by atoms with Crippen LogP contribution in [0.5, 0.6) is 0 Å². The zero-order chi connectivity index (χ0) is 9.19. The summed E-state index contributed by atoms with van der Waals surface area (Å²) < 4.78 is 0. The molecule has 0 amide bonds. The van der Waals surface area contributed by atoms with Crippen LogP contribution in [0.15, 0.2) is 24.3 Å². The van der Waals surface area contributed by atoms with Crippen molar-refractivity contribution in [1.82, 2.24) is 0 Å². The summed E-state index contributed by atoms with van der Waals surface area (Å²) in [6.07, 6.45) is 0. The van der Waals surface area contributed by atoms with E-state index in [0.29, 0.717) is 0 Å². The van der Waals surface area contributed by atoms with Crippen LogP contribution in [0.1, 0.15) is 18.1 Å². The second-order valence-corrected chi connectivity index (χ2v) is 3.44. The highest BCUT2D eigenvalue weighted by Crippen LogP contribution is 2.16. The lowest BCUT2D eigenvalue weighted by atomic mass is 9.94. The number of hydrogen-bond acceptors (Lipinski definition) is 2. The molecular formula is C10H15NO. The van der Waals surface area contributed by atoms with E-state index in [1.54, 1.807) is 0 Å². The molecule has 0 radical (unpaired) electrons. The van der Waals surface area contributed by atoms with Gasteiger partial charge in [0.1, 0.15) is 0 Å². The molecule has 2 nitrogen and oxygen atoms in total. The van der Waals surface area contributed by atoms with Crippen LogP contribution in [0, 0.1) is 6.92 Å². The van der Waals surface area contributed by atoms with Crippen molar-refractivity contribution < 1.29 is 5.11 Å². The van der Waals surface area contributed by atoms with E-state index in [1.165, 1.54) is 5.56 Å². The summed E-state index contributed by atoms with van der Waals surface area (Å²) in [7, 11) is 0. The van der Waals surface area contributed by atoms with Crippen molar-refractivity contribution in [3.63, 3.8) is 0 Å². The Hall–Kier alpha value is -0.860. The third-order valence-corrected chi connectivity index (χ3v) is 2.04. The van der Waals surface area contributed by atoms with Crippen molar-refractivity contribution >= 4 is 0 Å². The molecule has 66 valence electrons. The number of aliphatic hydroxyl groups is 1. The third-order valence-electron chi connectivity index (χ3n) is 2.04. The summed E-state index contributed by atoms with van der Waals surface area (Å²) in [6.45, 7) is 3.81. The third kappa shape index (κ3) is 1.84. The second-order valence-electron chi connectivity index (χ2n) is 3.44. The zero-order valence-corrected chi connectivity index (χ0v) is 7.54. The lowest BCUT2D eigenvalue weighted by Crippen LogP contribution is -2.36. The molecule has 3 N–H and O–H groups in total. The van der Waals surface area contributed by atoms with Crippen molar-refractivity contribution in [3.8, 4) is 0 Å². The molecular weight excluding hydrogens is 150 g/mol. The van der Waals surface area contributed by atoms with Crippen LogP contribution < -0.4 is 5.73 Å². The molecule has 12 heavy (non-hydrogen) atoms. The average Bonchev–Trinajstić information content (AvgIpc) is 2.05. The average molecular weight is 165 g/mol. The normalized spacial score (nSPS) is 15.7. The van der Waals surface area contributed by atoms with Crippen molar-refractivity contribution in [2.45, 2.75) is 19.4 Å². The molecule has 1 aromatic rings. The minimum absolute atomic E-state index is 0.0317. The fourth-order valence-electron chi connectivity index (χ4n) is 1.03. The minimum atomic E-state index is -0.617. The highest BCUT2D eigenvalue weighted by molar-refractivity contribution is 5.26. The molecule has 1 rings (SSSR count). The maximum atomic E-state index is 8.99.